The van der Waals surface area contributed by atoms with Crippen LogP contribution < -0.4 is 15.4 Å². The Morgan fingerprint density at radius 2 is 1.76 bits per heavy atom. The molecule has 0 spiro atoms. The first kappa shape index (κ1) is 21.7. The third-order valence-corrected chi connectivity index (χ3v) is 5.85. The maximum Gasteiger partial charge on any atom is 0.261 e. The van der Waals surface area contributed by atoms with Gasteiger partial charge >= 0.3 is 0 Å². The number of fused-ring (bicyclic) bond motifs is 1. The Hall–Kier alpha value is -4.10. The van der Waals surface area contributed by atoms with Crippen LogP contribution in [0.15, 0.2) is 85.1 Å². The summed E-state index contributed by atoms with van der Waals surface area (Å²) in [4.78, 5) is 13.1. The summed E-state index contributed by atoms with van der Waals surface area (Å²) in [6, 6.07) is 20.4. The Morgan fingerprint density at radius 3 is 2.44 bits per heavy atom. The van der Waals surface area contributed by atoms with Crippen molar-refractivity contribution in [2.75, 3.05) is 17.7 Å². The Labute approximate surface area is 200 Å². The molecule has 3 aromatic carbocycles. The molecule has 0 saturated carbocycles. The van der Waals surface area contributed by atoms with Crippen LogP contribution in [0, 0.1) is 5.82 Å². The van der Waals surface area contributed by atoms with E-state index in [9.17, 15) is 9.18 Å². The molecule has 0 aliphatic carbocycles. The van der Waals surface area contributed by atoms with E-state index in [2.05, 4.69) is 15.7 Å². The van der Waals surface area contributed by atoms with Gasteiger partial charge in [0.1, 0.15) is 22.9 Å². The molecule has 0 radical (unpaired) electrons. The fraction of sp³-hybridized carbons (Fsp3) is 0.0769. The van der Waals surface area contributed by atoms with Crippen LogP contribution >= 0.6 is 11.6 Å². The van der Waals surface area contributed by atoms with Gasteiger partial charge in [0.15, 0.2) is 0 Å². The molecule has 1 aliphatic rings. The quantitative estimate of drug-likeness (QED) is 0.372. The van der Waals surface area contributed by atoms with E-state index < -0.39 is 0 Å². The summed E-state index contributed by atoms with van der Waals surface area (Å²) >= 11 is 5.95. The van der Waals surface area contributed by atoms with E-state index in [1.165, 1.54) is 18.3 Å². The zero-order valence-electron chi connectivity index (χ0n) is 18.1. The van der Waals surface area contributed by atoms with Gasteiger partial charge in [-0.3, -0.25) is 4.79 Å². The predicted molar refractivity (Wildman–Crippen MR) is 131 cm³/mol. The van der Waals surface area contributed by atoms with Crippen LogP contribution in [-0.2, 0) is 0 Å². The number of benzene rings is 3. The van der Waals surface area contributed by atoms with Crippen molar-refractivity contribution in [1.82, 2.24) is 9.78 Å². The van der Waals surface area contributed by atoms with Crippen molar-refractivity contribution in [3.63, 3.8) is 0 Å². The third kappa shape index (κ3) is 4.25. The minimum atomic E-state index is -0.342. The first-order valence-electron chi connectivity index (χ1n) is 10.5. The van der Waals surface area contributed by atoms with Crippen molar-refractivity contribution < 1.29 is 13.9 Å². The number of hydrogen-bond acceptors (Lipinski definition) is 4. The van der Waals surface area contributed by atoms with Crippen LogP contribution in [-0.4, -0.2) is 22.8 Å². The van der Waals surface area contributed by atoms with E-state index in [1.807, 2.05) is 30.3 Å². The molecule has 1 aromatic heterocycles. The first-order valence-corrected chi connectivity index (χ1v) is 10.9. The molecule has 2 N–H and O–H groups in total. The molecule has 0 saturated heterocycles. The predicted octanol–water partition coefficient (Wildman–Crippen LogP) is 5.99. The summed E-state index contributed by atoms with van der Waals surface area (Å²) in [6.07, 6.45) is 3.52. The molecule has 8 heteroatoms. The van der Waals surface area contributed by atoms with Gasteiger partial charge in [0.25, 0.3) is 5.91 Å². The lowest BCUT2D eigenvalue weighted by molar-refractivity contribution is 0.102. The molecule has 170 valence electrons. The molecule has 5 rings (SSSR count). The molecule has 34 heavy (non-hydrogen) atoms. The van der Waals surface area contributed by atoms with E-state index in [4.69, 9.17) is 16.3 Å². The van der Waals surface area contributed by atoms with E-state index in [-0.39, 0.29) is 17.8 Å². The molecule has 1 unspecified atom stereocenters. The molecular formula is C26H20ClFN4O2. The summed E-state index contributed by atoms with van der Waals surface area (Å²) in [5.41, 5.74) is 3.53. The van der Waals surface area contributed by atoms with Crippen LogP contribution in [0.2, 0.25) is 5.02 Å². The monoisotopic (exact) mass is 474 g/mol. The van der Waals surface area contributed by atoms with Crippen molar-refractivity contribution >= 4 is 34.7 Å². The first-order chi connectivity index (χ1) is 16.5. The number of allylic oxidation sites excluding steroid dienone is 1. The summed E-state index contributed by atoms with van der Waals surface area (Å²) in [5.74, 6) is 0.642. The highest BCUT2D eigenvalue weighted by molar-refractivity contribution is 6.30. The highest BCUT2D eigenvalue weighted by atomic mass is 35.5. The van der Waals surface area contributed by atoms with Gasteiger partial charge in [-0.1, -0.05) is 23.7 Å². The Morgan fingerprint density at radius 1 is 1.06 bits per heavy atom. The molecule has 0 bridgehead atoms. The smallest absolute Gasteiger partial charge is 0.261 e. The van der Waals surface area contributed by atoms with Gasteiger partial charge in [0.2, 0.25) is 0 Å². The molecule has 1 amide bonds. The van der Waals surface area contributed by atoms with Crippen molar-refractivity contribution in [1.29, 1.82) is 0 Å². The maximum absolute atomic E-state index is 13.6. The number of rotatable bonds is 5. The largest absolute Gasteiger partial charge is 0.497 e. The van der Waals surface area contributed by atoms with E-state index in [0.29, 0.717) is 22.1 Å². The Bertz CT molecular complexity index is 1360. The average molecular weight is 475 g/mol. The van der Waals surface area contributed by atoms with Crippen LogP contribution in [0.4, 0.5) is 15.9 Å². The molecule has 6 nitrogen and oxygen atoms in total. The SMILES string of the molecule is COc1ccc(C2=CC(c3ccc(F)cc3)n3ncc(C(=O)Nc4ccc(Cl)cc4)c3N2)cc1. The number of hydrogen-bond donors (Lipinski definition) is 2. The fourth-order valence-electron chi connectivity index (χ4n) is 3.83. The maximum atomic E-state index is 13.6. The van der Waals surface area contributed by atoms with Gasteiger partial charge in [-0.2, -0.15) is 5.10 Å². The molecule has 1 atom stereocenters. The third-order valence-electron chi connectivity index (χ3n) is 5.60. The number of carbonyl (C=O) groups is 1. The van der Waals surface area contributed by atoms with Gasteiger partial charge in [-0.15, -0.1) is 0 Å². The molecular weight excluding hydrogens is 455 g/mol. The van der Waals surface area contributed by atoms with E-state index in [0.717, 1.165) is 22.6 Å². The van der Waals surface area contributed by atoms with Crippen molar-refractivity contribution in [3.8, 4) is 5.75 Å². The fourth-order valence-corrected chi connectivity index (χ4v) is 3.96. The van der Waals surface area contributed by atoms with Gasteiger partial charge in [0, 0.05) is 16.4 Å². The number of amides is 1. The van der Waals surface area contributed by atoms with E-state index in [1.54, 1.807) is 48.2 Å². The van der Waals surface area contributed by atoms with Crippen LogP contribution in [0.1, 0.15) is 27.5 Å². The number of ether oxygens (including phenoxy) is 1. The van der Waals surface area contributed by atoms with Gasteiger partial charge in [0.05, 0.1) is 19.3 Å². The zero-order chi connectivity index (χ0) is 23.7. The molecule has 1 aliphatic heterocycles. The normalized spacial score (nSPS) is 14.6. The standard InChI is InChI=1S/C26H20ClFN4O2/c1-34-21-12-4-16(5-13-21)23-14-24(17-2-8-19(28)9-3-17)32-25(31-23)22(15-29-32)26(33)30-20-10-6-18(27)7-11-20/h2-15,24,31H,1H3,(H,30,33). The second-order valence-electron chi connectivity index (χ2n) is 7.74. The molecule has 4 aromatic rings. The van der Waals surface area contributed by atoms with Crippen LogP contribution in [0.3, 0.4) is 0 Å². The lowest BCUT2D eigenvalue weighted by atomic mass is 10.0. The van der Waals surface area contributed by atoms with Crippen LogP contribution in [0.25, 0.3) is 5.70 Å². The minimum Gasteiger partial charge on any atom is -0.497 e. The summed E-state index contributed by atoms with van der Waals surface area (Å²) < 4.78 is 20.6. The number of nitrogens with one attached hydrogen (secondary N) is 2. The zero-order valence-corrected chi connectivity index (χ0v) is 18.9. The van der Waals surface area contributed by atoms with Crippen molar-refractivity contribution in [2.45, 2.75) is 6.04 Å². The second kappa shape index (κ2) is 9.03. The average Bonchev–Trinajstić information content (AvgIpc) is 3.30. The number of halogens is 2. The Kier molecular flexibility index (Phi) is 5.77. The second-order valence-corrected chi connectivity index (χ2v) is 8.18. The minimum absolute atomic E-state index is 0.315. The van der Waals surface area contributed by atoms with Gasteiger partial charge < -0.3 is 15.4 Å². The molecule has 2 heterocycles. The topological polar surface area (TPSA) is 68.2 Å². The van der Waals surface area contributed by atoms with Gasteiger partial charge in [-0.05, 0) is 77.9 Å². The lowest BCUT2D eigenvalue weighted by Gasteiger charge is -2.26. The highest BCUT2D eigenvalue weighted by Gasteiger charge is 2.28. The van der Waals surface area contributed by atoms with E-state index >= 15 is 0 Å². The Balaban J connectivity index is 1.54. The number of anilines is 2. The van der Waals surface area contributed by atoms with Crippen molar-refractivity contribution in [2.24, 2.45) is 0 Å². The van der Waals surface area contributed by atoms with Gasteiger partial charge in [-0.25, -0.2) is 9.07 Å². The number of aromatic nitrogens is 2. The summed E-state index contributed by atoms with van der Waals surface area (Å²) in [7, 11) is 1.61. The lowest BCUT2D eigenvalue weighted by Crippen LogP contribution is -2.22. The summed E-state index contributed by atoms with van der Waals surface area (Å²) in [6.45, 7) is 0. The van der Waals surface area contributed by atoms with Crippen LogP contribution in [0.5, 0.6) is 5.75 Å². The highest BCUT2D eigenvalue weighted by Crippen LogP contribution is 2.36. The molecule has 0 fully saturated rings. The summed E-state index contributed by atoms with van der Waals surface area (Å²) in [5, 5.41) is 11.3. The number of nitrogens with zero attached hydrogens (tertiary/aromatic N) is 2. The van der Waals surface area contributed by atoms with Crippen molar-refractivity contribution in [3.05, 3.63) is 113 Å². The number of methoxy groups -OCH3 is 1. The number of carbonyl (C=O) groups excluding carboxylic acids is 1.